The van der Waals surface area contributed by atoms with Crippen LogP contribution in [-0.2, 0) is 17.9 Å². The number of likely N-dealkylation sites (tertiary alicyclic amines) is 1. The summed E-state index contributed by atoms with van der Waals surface area (Å²) in [6.45, 7) is 1.83. The van der Waals surface area contributed by atoms with Crippen molar-refractivity contribution in [3.63, 3.8) is 0 Å². The summed E-state index contributed by atoms with van der Waals surface area (Å²) in [6.07, 6.45) is 1.58. The Labute approximate surface area is 154 Å². The molecule has 25 heavy (non-hydrogen) atoms. The lowest BCUT2D eigenvalue weighted by Crippen LogP contribution is -2.30. The van der Waals surface area contributed by atoms with E-state index in [0.717, 1.165) is 18.5 Å². The van der Waals surface area contributed by atoms with Crippen molar-refractivity contribution in [2.75, 3.05) is 18.9 Å². The molecule has 0 spiro atoms. The minimum Gasteiger partial charge on any atom is -0.452 e. The molecule has 3 rings (SSSR count). The van der Waals surface area contributed by atoms with Crippen molar-refractivity contribution in [3.05, 3.63) is 52.4 Å². The molecule has 1 aromatic heterocycles. The summed E-state index contributed by atoms with van der Waals surface area (Å²) in [5.41, 5.74) is 1.77. The average molecular weight is 406 g/mol. The first-order valence-corrected chi connectivity index (χ1v) is 8.93. The smallest absolute Gasteiger partial charge is 0.321 e. The van der Waals surface area contributed by atoms with Gasteiger partial charge in [-0.3, -0.25) is 4.79 Å². The third-order valence-electron chi connectivity index (χ3n) is 4.12. The third kappa shape index (κ3) is 4.63. The number of carbonyl (C=O) groups excluding carboxylic acids is 2. The Balaban J connectivity index is 1.53. The first-order chi connectivity index (χ1) is 12.0. The van der Waals surface area contributed by atoms with Gasteiger partial charge in [-0.2, -0.15) is 0 Å². The lowest BCUT2D eigenvalue weighted by atomic mass is 10.2. The molecule has 1 aliphatic rings. The van der Waals surface area contributed by atoms with Gasteiger partial charge in [0.2, 0.25) is 5.91 Å². The maximum absolute atomic E-state index is 12.2. The van der Waals surface area contributed by atoms with E-state index in [2.05, 4.69) is 21.2 Å². The van der Waals surface area contributed by atoms with Crippen LogP contribution in [0.4, 0.5) is 10.5 Å². The number of hydrogen-bond donors (Lipinski definition) is 1. The molecule has 1 N–H and O–H groups in total. The zero-order valence-corrected chi connectivity index (χ0v) is 15.6. The molecule has 0 atom stereocenters. The summed E-state index contributed by atoms with van der Waals surface area (Å²) in [5.74, 6) is 0.915. The third-order valence-corrected chi connectivity index (χ3v) is 4.54. The molecule has 1 aromatic carbocycles. The normalized spacial score (nSPS) is 14.0. The van der Waals surface area contributed by atoms with Crippen molar-refractivity contribution in [1.82, 2.24) is 9.80 Å². The Morgan fingerprint density at radius 1 is 1.28 bits per heavy atom. The van der Waals surface area contributed by atoms with E-state index in [0.29, 0.717) is 35.6 Å². The first kappa shape index (κ1) is 17.5. The summed E-state index contributed by atoms with van der Waals surface area (Å²) in [7, 11) is 1.71. The largest absolute Gasteiger partial charge is 0.452 e. The van der Waals surface area contributed by atoms with E-state index in [1.54, 1.807) is 18.0 Å². The summed E-state index contributed by atoms with van der Waals surface area (Å²) in [4.78, 5) is 27.3. The topological polar surface area (TPSA) is 65.8 Å². The minimum absolute atomic E-state index is 0.212. The second-order valence-electron chi connectivity index (χ2n) is 6.11. The van der Waals surface area contributed by atoms with E-state index in [4.69, 9.17) is 4.42 Å². The van der Waals surface area contributed by atoms with Crippen molar-refractivity contribution in [3.8, 4) is 0 Å². The Hall–Kier alpha value is -2.28. The highest BCUT2D eigenvalue weighted by atomic mass is 79.9. The zero-order valence-electron chi connectivity index (χ0n) is 14.0. The van der Waals surface area contributed by atoms with Crippen molar-refractivity contribution < 1.29 is 14.0 Å². The van der Waals surface area contributed by atoms with Gasteiger partial charge in [0.15, 0.2) is 4.67 Å². The standard InChI is InChI=1S/C18H20BrN3O3/c1-21(12-15-8-9-16(19)25-15)18(24)20-14-6-4-13(5-7-14)11-22-10-2-3-17(22)23/h4-9H,2-3,10-12H2,1H3,(H,20,24). The SMILES string of the molecule is CN(Cc1ccc(Br)o1)C(=O)Nc1ccc(CN2CCCC2=O)cc1. The molecule has 2 heterocycles. The fourth-order valence-electron chi connectivity index (χ4n) is 2.75. The van der Waals surface area contributed by atoms with Gasteiger partial charge >= 0.3 is 6.03 Å². The number of nitrogens with zero attached hydrogens (tertiary/aromatic N) is 2. The Bertz CT molecular complexity index is 757. The zero-order chi connectivity index (χ0) is 17.8. The van der Waals surface area contributed by atoms with Gasteiger partial charge in [0.05, 0.1) is 6.54 Å². The number of halogens is 1. The second-order valence-corrected chi connectivity index (χ2v) is 6.89. The number of amides is 3. The fraction of sp³-hybridized carbons (Fsp3) is 0.333. The highest BCUT2D eigenvalue weighted by molar-refractivity contribution is 9.10. The maximum atomic E-state index is 12.2. The molecule has 3 amide bonds. The number of hydrogen-bond acceptors (Lipinski definition) is 3. The molecule has 1 saturated heterocycles. The quantitative estimate of drug-likeness (QED) is 0.821. The highest BCUT2D eigenvalue weighted by Crippen LogP contribution is 2.18. The molecule has 0 saturated carbocycles. The highest BCUT2D eigenvalue weighted by Gasteiger charge is 2.20. The maximum Gasteiger partial charge on any atom is 0.321 e. The predicted octanol–water partition coefficient (Wildman–Crippen LogP) is 3.83. The van der Waals surface area contributed by atoms with Gasteiger partial charge in [-0.25, -0.2) is 4.79 Å². The molecular weight excluding hydrogens is 386 g/mol. The van der Waals surface area contributed by atoms with Crippen molar-refractivity contribution in [2.24, 2.45) is 0 Å². The summed E-state index contributed by atoms with van der Waals surface area (Å²) >= 11 is 3.24. The average Bonchev–Trinajstić information content (AvgIpc) is 3.18. The van der Waals surface area contributed by atoms with E-state index in [1.807, 2.05) is 35.2 Å². The first-order valence-electron chi connectivity index (χ1n) is 8.14. The Kier molecular flexibility index (Phi) is 5.43. The van der Waals surface area contributed by atoms with Crippen molar-refractivity contribution in [1.29, 1.82) is 0 Å². The lowest BCUT2D eigenvalue weighted by Gasteiger charge is -2.18. The fourth-order valence-corrected chi connectivity index (χ4v) is 3.09. The summed E-state index contributed by atoms with van der Waals surface area (Å²) in [6, 6.07) is 11.0. The van der Waals surface area contributed by atoms with E-state index in [-0.39, 0.29) is 11.9 Å². The van der Waals surface area contributed by atoms with Gasteiger partial charge in [0.1, 0.15) is 5.76 Å². The number of furan rings is 1. The number of urea groups is 1. The summed E-state index contributed by atoms with van der Waals surface area (Å²) < 4.78 is 6.05. The van der Waals surface area contributed by atoms with Crippen LogP contribution in [0.25, 0.3) is 0 Å². The molecule has 0 radical (unpaired) electrons. The van der Waals surface area contributed by atoms with Crippen LogP contribution in [-0.4, -0.2) is 35.3 Å². The van der Waals surface area contributed by atoms with E-state index in [9.17, 15) is 9.59 Å². The molecule has 1 aliphatic heterocycles. The number of nitrogens with one attached hydrogen (secondary N) is 1. The van der Waals surface area contributed by atoms with E-state index >= 15 is 0 Å². The van der Waals surface area contributed by atoms with Crippen LogP contribution in [0.5, 0.6) is 0 Å². The van der Waals surface area contributed by atoms with Gasteiger partial charge in [-0.05, 0) is 52.2 Å². The van der Waals surface area contributed by atoms with Crippen LogP contribution in [0, 0.1) is 0 Å². The van der Waals surface area contributed by atoms with E-state index in [1.165, 1.54) is 0 Å². The van der Waals surface area contributed by atoms with Gasteiger partial charge in [-0.15, -0.1) is 0 Å². The van der Waals surface area contributed by atoms with Gasteiger partial charge in [0, 0.05) is 32.2 Å². The van der Waals surface area contributed by atoms with Crippen LogP contribution in [0.3, 0.4) is 0 Å². The molecule has 1 fully saturated rings. The van der Waals surface area contributed by atoms with E-state index < -0.39 is 0 Å². The molecule has 0 aliphatic carbocycles. The van der Waals surface area contributed by atoms with Crippen molar-refractivity contribution in [2.45, 2.75) is 25.9 Å². The number of benzene rings is 1. The van der Waals surface area contributed by atoms with Gasteiger partial charge < -0.3 is 19.5 Å². The molecule has 7 heteroatoms. The van der Waals surface area contributed by atoms with Crippen LogP contribution in [0.15, 0.2) is 45.5 Å². The lowest BCUT2D eigenvalue weighted by molar-refractivity contribution is -0.128. The monoisotopic (exact) mass is 405 g/mol. The van der Waals surface area contributed by atoms with Gasteiger partial charge in [0.25, 0.3) is 0 Å². The predicted molar refractivity (Wildman–Crippen MR) is 98.0 cm³/mol. The number of carbonyl (C=O) groups is 2. The Morgan fingerprint density at radius 3 is 2.64 bits per heavy atom. The molecule has 0 unspecified atom stereocenters. The number of rotatable bonds is 5. The number of anilines is 1. The second kappa shape index (κ2) is 7.74. The van der Waals surface area contributed by atoms with Crippen LogP contribution in [0.1, 0.15) is 24.2 Å². The summed E-state index contributed by atoms with van der Waals surface area (Å²) in [5, 5.41) is 2.85. The van der Waals surface area contributed by atoms with Crippen LogP contribution < -0.4 is 5.32 Å². The Morgan fingerprint density at radius 2 is 2.04 bits per heavy atom. The molecule has 6 nitrogen and oxygen atoms in total. The molecule has 0 bridgehead atoms. The molecular formula is C18H20BrN3O3. The molecule has 132 valence electrons. The molecule has 2 aromatic rings. The van der Waals surface area contributed by atoms with Gasteiger partial charge in [-0.1, -0.05) is 12.1 Å². The van der Waals surface area contributed by atoms with Crippen molar-refractivity contribution >= 4 is 33.6 Å². The minimum atomic E-state index is -0.213. The van der Waals surface area contributed by atoms with Crippen LogP contribution >= 0.6 is 15.9 Å². The van der Waals surface area contributed by atoms with Crippen LogP contribution in [0.2, 0.25) is 0 Å².